The van der Waals surface area contributed by atoms with Crippen molar-refractivity contribution in [2.75, 3.05) is 18.5 Å². The Hall–Kier alpha value is -2.10. The zero-order valence-corrected chi connectivity index (χ0v) is 12.3. The zero-order chi connectivity index (χ0) is 14.5. The van der Waals surface area contributed by atoms with E-state index in [1.165, 1.54) is 0 Å². The minimum Gasteiger partial charge on any atom is -0.375 e. The van der Waals surface area contributed by atoms with Crippen LogP contribution in [0.1, 0.15) is 30.6 Å². The van der Waals surface area contributed by atoms with Crippen molar-refractivity contribution in [1.29, 1.82) is 0 Å². The monoisotopic (exact) mass is 271 g/mol. The van der Waals surface area contributed by atoms with Gasteiger partial charge in [-0.15, -0.1) is 0 Å². The van der Waals surface area contributed by atoms with Crippen molar-refractivity contribution in [3.8, 4) is 11.3 Å². The molecule has 0 saturated carbocycles. The minimum absolute atomic E-state index is 0.648. The number of carbonyl (C=O) groups is 1. The maximum atomic E-state index is 11.2. The molecule has 0 unspecified atom stereocenters. The topological polar surface area (TPSA) is 38.1 Å². The molecule has 1 aromatic carbocycles. The summed E-state index contributed by atoms with van der Waals surface area (Å²) in [5.74, 6) is 0. The molecule has 1 aromatic heterocycles. The van der Waals surface area contributed by atoms with E-state index in [2.05, 4.69) is 43.0 Å². The number of aryl methyl sites for hydroxylation is 1. The van der Waals surface area contributed by atoms with E-state index in [1.54, 1.807) is 0 Å². The van der Waals surface area contributed by atoms with E-state index in [9.17, 15) is 4.79 Å². The summed E-state index contributed by atoms with van der Waals surface area (Å²) >= 11 is 0. The smallest absolute Gasteiger partial charge is 0.153 e. The molecule has 0 spiro atoms. The molecule has 4 heteroatoms. The summed E-state index contributed by atoms with van der Waals surface area (Å²) in [6.45, 7) is 6.00. The summed E-state index contributed by atoms with van der Waals surface area (Å²) < 4.78 is 1.84. The Balaban J connectivity index is 2.33. The van der Waals surface area contributed by atoms with Crippen LogP contribution in [0.2, 0.25) is 0 Å². The van der Waals surface area contributed by atoms with Gasteiger partial charge in [0, 0.05) is 37.6 Å². The number of benzene rings is 1. The molecular weight excluding hydrogens is 250 g/mol. The SMILES string of the molecule is CCCn1cc(C=O)c(-c2ccc(N(C)CC)cc2)n1. The number of carbonyl (C=O) groups excluding carboxylic acids is 1. The molecule has 0 aliphatic rings. The van der Waals surface area contributed by atoms with Crippen molar-refractivity contribution in [2.24, 2.45) is 0 Å². The van der Waals surface area contributed by atoms with Gasteiger partial charge in [-0.25, -0.2) is 0 Å². The number of hydrogen-bond acceptors (Lipinski definition) is 3. The molecule has 2 aromatic rings. The summed E-state index contributed by atoms with van der Waals surface area (Å²) in [7, 11) is 2.06. The van der Waals surface area contributed by atoms with Crippen LogP contribution in [0.15, 0.2) is 30.5 Å². The van der Waals surface area contributed by atoms with Crippen LogP contribution >= 0.6 is 0 Å². The predicted octanol–water partition coefficient (Wildman–Crippen LogP) is 3.23. The summed E-state index contributed by atoms with van der Waals surface area (Å²) in [6, 6.07) is 8.17. The predicted molar refractivity (Wildman–Crippen MR) is 82.3 cm³/mol. The van der Waals surface area contributed by atoms with Crippen LogP contribution in [-0.4, -0.2) is 29.7 Å². The van der Waals surface area contributed by atoms with Gasteiger partial charge in [0.1, 0.15) is 5.69 Å². The quantitative estimate of drug-likeness (QED) is 0.757. The lowest BCUT2D eigenvalue weighted by Gasteiger charge is -2.16. The van der Waals surface area contributed by atoms with Crippen LogP contribution in [0.3, 0.4) is 0 Å². The van der Waals surface area contributed by atoms with Gasteiger partial charge in [0.2, 0.25) is 0 Å². The fraction of sp³-hybridized carbons (Fsp3) is 0.375. The second-order valence-corrected chi connectivity index (χ2v) is 4.88. The Kier molecular flexibility index (Phi) is 4.56. The first-order valence-corrected chi connectivity index (χ1v) is 7.03. The second-order valence-electron chi connectivity index (χ2n) is 4.88. The third-order valence-electron chi connectivity index (χ3n) is 3.43. The van der Waals surface area contributed by atoms with Gasteiger partial charge in [0.25, 0.3) is 0 Å². The standard InChI is InChI=1S/C16H21N3O/c1-4-10-19-11-14(12-20)16(17-19)13-6-8-15(9-7-13)18(3)5-2/h6-9,11-12H,4-5,10H2,1-3H3. The Labute approximate surface area is 120 Å². The summed E-state index contributed by atoms with van der Waals surface area (Å²) in [4.78, 5) is 13.3. The molecule has 106 valence electrons. The minimum atomic E-state index is 0.648. The zero-order valence-electron chi connectivity index (χ0n) is 12.3. The number of hydrogen-bond donors (Lipinski definition) is 0. The van der Waals surface area contributed by atoms with Crippen molar-refractivity contribution in [3.63, 3.8) is 0 Å². The van der Waals surface area contributed by atoms with Gasteiger partial charge in [-0.1, -0.05) is 19.1 Å². The highest BCUT2D eigenvalue weighted by atomic mass is 16.1. The number of aromatic nitrogens is 2. The highest BCUT2D eigenvalue weighted by Gasteiger charge is 2.10. The van der Waals surface area contributed by atoms with Gasteiger partial charge in [0.15, 0.2) is 6.29 Å². The maximum Gasteiger partial charge on any atom is 0.153 e. The van der Waals surface area contributed by atoms with E-state index in [4.69, 9.17) is 0 Å². The Morgan fingerprint density at radius 2 is 1.95 bits per heavy atom. The van der Waals surface area contributed by atoms with Crippen molar-refractivity contribution < 1.29 is 4.79 Å². The van der Waals surface area contributed by atoms with Crippen LogP contribution in [0.5, 0.6) is 0 Å². The van der Waals surface area contributed by atoms with Gasteiger partial charge < -0.3 is 4.90 Å². The van der Waals surface area contributed by atoms with Crippen molar-refractivity contribution >= 4 is 12.0 Å². The Morgan fingerprint density at radius 1 is 1.25 bits per heavy atom. The molecule has 0 N–H and O–H groups in total. The molecule has 0 radical (unpaired) electrons. The normalized spacial score (nSPS) is 10.6. The van der Waals surface area contributed by atoms with E-state index >= 15 is 0 Å². The first-order valence-electron chi connectivity index (χ1n) is 7.03. The summed E-state index contributed by atoms with van der Waals surface area (Å²) in [5.41, 5.74) is 3.56. The molecule has 2 rings (SSSR count). The number of nitrogens with zero attached hydrogens (tertiary/aromatic N) is 3. The third-order valence-corrected chi connectivity index (χ3v) is 3.43. The van der Waals surface area contributed by atoms with E-state index in [0.29, 0.717) is 5.56 Å². The van der Waals surface area contributed by atoms with Gasteiger partial charge in [0.05, 0.1) is 5.56 Å². The largest absolute Gasteiger partial charge is 0.375 e. The molecule has 20 heavy (non-hydrogen) atoms. The van der Waals surface area contributed by atoms with Crippen molar-refractivity contribution in [1.82, 2.24) is 9.78 Å². The first-order chi connectivity index (χ1) is 9.69. The number of anilines is 1. The Bertz CT molecular complexity index is 572. The van der Waals surface area contributed by atoms with Gasteiger partial charge in [-0.3, -0.25) is 9.48 Å². The Morgan fingerprint density at radius 3 is 2.50 bits per heavy atom. The van der Waals surface area contributed by atoms with Gasteiger partial charge in [-0.2, -0.15) is 5.10 Å². The third kappa shape index (κ3) is 2.90. The van der Waals surface area contributed by atoms with Crippen LogP contribution in [0.4, 0.5) is 5.69 Å². The van der Waals surface area contributed by atoms with Crippen molar-refractivity contribution in [3.05, 3.63) is 36.0 Å². The lowest BCUT2D eigenvalue weighted by atomic mass is 10.1. The van der Waals surface area contributed by atoms with E-state index in [1.807, 2.05) is 23.0 Å². The maximum absolute atomic E-state index is 11.2. The molecule has 0 saturated heterocycles. The fourth-order valence-corrected chi connectivity index (χ4v) is 2.15. The lowest BCUT2D eigenvalue weighted by molar-refractivity contribution is 0.112. The number of rotatable bonds is 6. The fourth-order valence-electron chi connectivity index (χ4n) is 2.15. The average molecular weight is 271 g/mol. The van der Waals surface area contributed by atoms with E-state index in [0.717, 1.165) is 42.7 Å². The molecular formula is C16H21N3O. The molecule has 0 aliphatic carbocycles. The van der Waals surface area contributed by atoms with E-state index < -0.39 is 0 Å². The molecule has 0 amide bonds. The molecule has 1 heterocycles. The van der Waals surface area contributed by atoms with Crippen LogP contribution in [0, 0.1) is 0 Å². The average Bonchev–Trinajstić information content (AvgIpc) is 2.90. The van der Waals surface area contributed by atoms with E-state index in [-0.39, 0.29) is 0 Å². The lowest BCUT2D eigenvalue weighted by Crippen LogP contribution is -2.15. The highest BCUT2D eigenvalue weighted by molar-refractivity contribution is 5.85. The van der Waals surface area contributed by atoms with Crippen LogP contribution in [0.25, 0.3) is 11.3 Å². The number of aldehydes is 1. The van der Waals surface area contributed by atoms with Gasteiger partial charge >= 0.3 is 0 Å². The van der Waals surface area contributed by atoms with Crippen LogP contribution in [-0.2, 0) is 6.54 Å². The molecule has 0 aliphatic heterocycles. The molecule has 0 fully saturated rings. The van der Waals surface area contributed by atoms with Crippen molar-refractivity contribution in [2.45, 2.75) is 26.8 Å². The van der Waals surface area contributed by atoms with Crippen LogP contribution < -0.4 is 4.90 Å². The molecule has 4 nitrogen and oxygen atoms in total. The van der Waals surface area contributed by atoms with Gasteiger partial charge in [-0.05, 0) is 25.5 Å². The molecule has 0 bridgehead atoms. The highest BCUT2D eigenvalue weighted by Crippen LogP contribution is 2.24. The molecule has 0 atom stereocenters. The summed E-state index contributed by atoms with van der Waals surface area (Å²) in [6.07, 6.45) is 3.69. The summed E-state index contributed by atoms with van der Waals surface area (Å²) in [5, 5.41) is 4.51. The first kappa shape index (κ1) is 14.3. The second kappa shape index (κ2) is 6.37.